The van der Waals surface area contributed by atoms with Gasteiger partial charge in [-0.25, -0.2) is 0 Å². The van der Waals surface area contributed by atoms with Gasteiger partial charge in [-0.05, 0) is 24.8 Å². The minimum absolute atomic E-state index is 0.300. The van der Waals surface area contributed by atoms with E-state index < -0.39 is 0 Å². The maximum absolute atomic E-state index is 5.53. The molecule has 0 amide bonds. The fourth-order valence-electron chi connectivity index (χ4n) is 1.73. The van der Waals surface area contributed by atoms with Crippen LogP contribution in [0.4, 0.5) is 0 Å². The zero-order valence-electron chi connectivity index (χ0n) is 9.05. The average Bonchev–Trinajstić information content (AvgIpc) is 2.02. The average molecular weight is 181 g/mol. The maximum atomic E-state index is 5.53. The molecule has 0 aromatic rings. The lowest BCUT2D eigenvalue weighted by molar-refractivity contribution is 0.184. The van der Waals surface area contributed by atoms with Crippen molar-refractivity contribution in [3.8, 4) is 0 Å². The number of aliphatic imine (C=N–C) groups is 1. The smallest absolute Gasteiger partial charge is 0.0983 e. The Kier molecular flexibility index (Phi) is 3.12. The van der Waals surface area contributed by atoms with E-state index in [4.69, 9.17) is 4.74 Å². The van der Waals surface area contributed by atoms with Gasteiger partial charge in [-0.3, -0.25) is 4.99 Å². The van der Waals surface area contributed by atoms with Gasteiger partial charge >= 0.3 is 0 Å². The molecular formula is C11H19NO. The Hall–Kier alpha value is -0.790. The number of hydrogen-bond acceptors (Lipinski definition) is 2. The molecule has 2 nitrogen and oxygen atoms in total. The zero-order valence-corrected chi connectivity index (χ0v) is 9.05. The van der Waals surface area contributed by atoms with E-state index in [1.807, 2.05) is 14.0 Å². The van der Waals surface area contributed by atoms with Gasteiger partial charge in [-0.2, -0.15) is 0 Å². The monoisotopic (exact) mass is 181 g/mol. The Morgan fingerprint density at radius 1 is 1.46 bits per heavy atom. The molecule has 0 aromatic carbocycles. The molecule has 0 heterocycles. The molecular weight excluding hydrogens is 162 g/mol. The third kappa shape index (κ3) is 2.87. The van der Waals surface area contributed by atoms with Crippen LogP contribution in [-0.4, -0.2) is 19.4 Å². The number of nitrogens with zero attached hydrogens (tertiary/aromatic N) is 1. The molecule has 0 bridgehead atoms. The number of rotatable bonds is 2. The van der Waals surface area contributed by atoms with Gasteiger partial charge < -0.3 is 4.74 Å². The summed E-state index contributed by atoms with van der Waals surface area (Å²) in [7, 11) is 1.84. The van der Waals surface area contributed by atoms with E-state index in [1.165, 1.54) is 0 Å². The maximum Gasteiger partial charge on any atom is 0.0983 e. The van der Waals surface area contributed by atoms with Crippen molar-refractivity contribution in [1.82, 2.24) is 0 Å². The number of ether oxygens (including phenoxy) is 1. The summed E-state index contributed by atoms with van der Waals surface area (Å²) >= 11 is 0. The van der Waals surface area contributed by atoms with E-state index in [9.17, 15) is 0 Å². The van der Waals surface area contributed by atoms with Crippen LogP contribution in [0.25, 0.3) is 0 Å². The summed E-state index contributed by atoms with van der Waals surface area (Å²) in [5.41, 5.74) is 1.45. The van der Waals surface area contributed by atoms with E-state index in [1.54, 1.807) is 0 Å². The lowest BCUT2D eigenvalue weighted by Crippen LogP contribution is -2.22. The van der Waals surface area contributed by atoms with Crippen molar-refractivity contribution in [1.29, 1.82) is 0 Å². The molecule has 1 aliphatic carbocycles. The van der Waals surface area contributed by atoms with Crippen LogP contribution < -0.4 is 0 Å². The van der Waals surface area contributed by atoms with Crippen molar-refractivity contribution < 1.29 is 4.74 Å². The molecule has 1 rings (SSSR count). The molecule has 0 radical (unpaired) electrons. The predicted octanol–water partition coefficient (Wildman–Crippen LogP) is 2.80. The van der Waals surface area contributed by atoms with Crippen LogP contribution in [0, 0.1) is 5.41 Å². The largest absolute Gasteiger partial charge is 0.498 e. The Morgan fingerprint density at radius 3 is 2.69 bits per heavy atom. The molecule has 0 fully saturated rings. The van der Waals surface area contributed by atoms with Crippen LogP contribution in [0.2, 0.25) is 0 Å². The van der Waals surface area contributed by atoms with Gasteiger partial charge in [-0.15, -0.1) is 0 Å². The highest BCUT2D eigenvalue weighted by atomic mass is 16.5. The SMILES string of the molecule is CCOC1=CC(=NC)CC(C)(C)C1. The van der Waals surface area contributed by atoms with Crippen LogP contribution in [0.1, 0.15) is 33.6 Å². The zero-order chi connectivity index (χ0) is 9.90. The summed E-state index contributed by atoms with van der Waals surface area (Å²) in [6.45, 7) is 7.28. The second kappa shape index (κ2) is 3.95. The van der Waals surface area contributed by atoms with Gasteiger partial charge in [0.1, 0.15) is 0 Å². The molecule has 0 saturated carbocycles. The second-order valence-corrected chi connectivity index (χ2v) is 4.28. The fraction of sp³-hybridized carbons (Fsp3) is 0.727. The lowest BCUT2D eigenvalue weighted by Gasteiger charge is -2.30. The minimum Gasteiger partial charge on any atom is -0.498 e. The van der Waals surface area contributed by atoms with Crippen LogP contribution in [0.15, 0.2) is 16.8 Å². The summed E-state index contributed by atoms with van der Waals surface area (Å²) in [5, 5.41) is 0. The summed E-state index contributed by atoms with van der Waals surface area (Å²) in [4.78, 5) is 4.24. The first-order valence-electron chi connectivity index (χ1n) is 4.86. The van der Waals surface area contributed by atoms with Crippen LogP contribution >= 0.6 is 0 Å². The van der Waals surface area contributed by atoms with Crippen molar-refractivity contribution in [3.63, 3.8) is 0 Å². The molecule has 74 valence electrons. The third-order valence-corrected chi connectivity index (χ3v) is 2.26. The van der Waals surface area contributed by atoms with Crippen molar-refractivity contribution in [3.05, 3.63) is 11.8 Å². The summed E-state index contributed by atoms with van der Waals surface area (Å²) in [6.07, 6.45) is 4.16. The topological polar surface area (TPSA) is 21.6 Å². The molecule has 2 heteroatoms. The molecule has 0 aliphatic heterocycles. The summed E-state index contributed by atoms with van der Waals surface area (Å²) < 4.78 is 5.53. The molecule has 0 aromatic heterocycles. The van der Waals surface area contributed by atoms with Gasteiger partial charge in [-0.1, -0.05) is 13.8 Å². The second-order valence-electron chi connectivity index (χ2n) is 4.28. The normalized spacial score (nSPS) is 24.3. The highest BCUT2D eigenvalue weighted by Crippen LogP contribution is 2.34. The Balaban J connectivity index is 2.79. The van der Waals surface area contributed by atoms with Gasteiger partial charge in [0.05, 0.1) is 12.4 Å². The van der Waals surface area contributed by atoms with Crippen LogP contribution in [-0.2, 0) is 4.74 Å². The number of hydrogen-bond donors (Lipinski definition) is 0. The standard InChI is InChI=1S/C11H19NO/c1-5-13-10-6-9(12-4)7-11(2,3)8-10/h6H,5,7-8H2,1-4H3. The van der Waals surface area contributed by atoms with Gasteiger partial charge in [0.2, 0.25) is 0 Å². The molecule has 0 atom stereocenters. The molecule has 13 heavy (non-hydrogen) atoms. The Morgan fingerprint density at radius 2 is 2.15 bits per heavy atom. The van der Waals surface area contributed by atoms with E-state index >= 15 is 0 Å². The first kappa shape index (κ1) is 10.3. The highest BCUT2D eigenvalue weighted by Gasteiger charge is 2.26. The first-order valence-corrected chi connectivity index (χ1v) is 4.86. The van der Waals surface area contributed by atoms with Crippen LogP contribution in [0.3, 0.4) is 0 Å². The van der Waals surface area contributed by atoms with Gasteiger partial charge in [0.15, 0.2) is 0 Å². The Bertz CT molecular complexity index is 238. The highest BCUT2D eigenvalue weighted by molar-refractivity contribution is 5.96. The fourth-order valence-corrected chi connectivity index (χ4v) is 1.73. The predicted molar refractivity (Wildman–Crippen MR) is 56.1 cm³/mol. The quantitative estimate of drug-likeness (QED) is 0.642. The Labute approximate surface area is 80.7 Å². The van der Waals surface area contributed by atoms with Crippen molar-refractivity contribution in [2.75, 3.05) is 13.7 Å². The molecule has 0 N–H and O–H groups in total. The van der Waals surface area contributed by atoms with Gasteiger partial charge in [0.25, 0.3) is 0 Å². The molecule has 0 unspecified atom stereocenters. The van der Waals surface area contributed by atoms with E-state index in [2.05, 4.69) is 24.9 Å². The van der Waals surface area contributed by atoms with Gasteiger partial charge in [0, 0.05) is 19.2 Å². The van der Waals surface area contributed by atoms with E-state index in [-0.39, 0.29) is 0 Å². The summed E-state index contributed by atoms with van der Waals surface area (Å²) in [5.74, 6) is 1.08. The first-order chi connectivity index (χ1) is 6.07. The number of allylic oxidation sites excluding steroid dienone is 2. The van der Waals surface area contributed by atoms with Crippen molar-refractivity contribution >= 4 is 5.71 Å². The van der Waals surface area contributed by atoms with Crippen molar-refractivity contribution in [2.24, 2.45) is 10.4 Å². The van der Waals surface area contributed by atoms with E-state index in [0.717, 1.165) is 30.9 Å². The van der Waals surface area contributed by atoms with E-state index in [0.29, 0.717) is 5.41 Å². The van der Waals surface area contributed by atoms with Crippen LogP contribution in [0.5, 0.6) is 0 Å². The minimum atomic E-state index is 0.300. The lowest BCUT2D eigenvalue weighted by atomic mass is 9.79. The third-order valence-electron chi connectivity index (χ3n) is 2.26. The molecule has 0 saturated heterocycles. The molecule has 0 spiro atoms. The van der Waals surface area contributed by atoms with Crippen molar-refractivity contribution in [2.45, 2.75) is 33.6 Å². The molecule has 1 aliphatic rings. The summed E-state index contributed by atoms with van der Waals surface area (Å²) in [6, 6.07) is 0.